The molecule has 2 aromatic carbocycles. The molecule has 0 fully saturated rings. The number of pyridine rings is 1. The van der Waals surface area contributed by atoms with Crippen LogP contribution in [0.3, 0.4) is 0 Å². The summed E-state index contributed by atoms with van der Waals surface area (Å²) < 4.78 is 37.0. The molecule has 0 saturated heterocycles. The van der Waals surface area contributed by atoms with E-state index in [2.05, 4.69) is 20.8 Å². The van der Waals surface area contributed by atoms with Crippen molar-refractivity contribution in [2.24, 2.45) is 0 Å². The first-order valence-corrected chi connectivity index (χ1v) is 11.3. The smallest absolute Gasteiger partial charge is 0.324 e. The molecule has 36 heavy (non-hydrogen) atoms. The minimum absolute atomic E-state index is 0.0207. The number of nitrogens with one attached hydrogen (secondary N) is 2. The highest BCUT2D eigenvalue weighted by Crippen LogP contribution is 2.37. The Kier molecular flexibility index (Phi) is 6.96. The van der Waals surface area contributed by atoms with E-state index in [1.165, 1.54) is 19.2 Å². The molecule has 4 aromatic rings. The summed E-state index contributed by atoms with van der Waals surface area (Å²) in [6.45, 7) is 8.24. The van der Waals surface area contributed by atoms with Crippen molar-refractivity contribution in [2.45, 2.75) is 33.1 Å². The van der Waals surface area contributed by atoms with Crippen LogP contribution in [0.25, 0.3) is 10.9 Å². The number of rotatable bonds is 7. The third-order valence-electron chi connectivity index (χ3n) is 5.19. The van der Waals surface area contributed by atoms with Gasteiger partial charge in [-0.1, -0.05) is 25.9 Å². The maximum absolute atomic E-state index is 14.9. The third-order valence-corrected chi connectivity index (χ3v) is 5.19. The van der Waals surface area contributed by atoms with Crippen molar-refractivity contribution in [3.63, 3.8) is 0 Å². The first-order valence-electron chi connectivity index (χ1n) is 11.3. The Morgan fingerprint density at radius 2 is 1.83 bits per heavy atom. The number of halogens is 1. The Bertz CT molecular complexity index is 1400. The predicted molar refractivity (Wildman–Crippen MR) is 134 cm³/mol. The van der Waals surface area contributed by atoms with E-state index in [0.717, 1.165) is 6.07 Å². The molecule has 9 nitrogen and oxygen atoms in total. The van der Waals surface area contributed by atoms with Crippen molar-refractivity contribution in [2.75, 3.05) is 24.4 Å². The van der Waals surface area contributed by atoms with Gasteiger partial charge in [0.1, 0.15) is 11.5 Å². The molecule has 4 rings (SSSR count). The molecular formula is C26H27FN4O5. The van der Waals surface area contributed by atoms with Crippen molar-refractivity contribution >= 4 is 28.4 Å². The monoisotopic (exact) mass is 494 g/mol. The van der Waals surface area contributed by atoms with Gasteiger partial charge in [0.2, 0.25) is 0 Å². The number of urea groups is 1. The van der Waals surface area contributed by atoms with Crippen LogP contribution in [0.1, 0.15) is 33.5 Å². The summed E-state index contributed by atoms with van der Waals surface area (Å²) in [5, 5.41) is 9.59. The summed E-state index contributed by atoms with van der Waals surface area (Å²) in [6.07, 6.45) is 1.56. The summed E-state index contributed by atoms with van der Waals surface area (Å²) in [5.41, 5.74) is 0.591. The van der Waals surface area contributed by atoms with E-state index < -0.39 is 11.8 Å². The molecule has 0 aliphatic carbocycles. The van der Waals surface area contributed by atoms with Crippen LogP contribution in [-0.2, 0) is 5.41 Å². The van der Waals surface area contributed by atoms with Crippen LogP contribution in [0.5, 0.6) is 23.0 Å². The molecule has 188 valence electrons. The van der Waals surface area contributed by atoms with Crippen LogP contribution in [0.15, 0.2) is 53.2 Å². The van der Waals surface area contributed by atoms with Gasteiger partial charge in [-0.3, -0.25) is 10.3 Å². The minimum Gasteiger partial charge on any atom is -0.493 e. The number of benzene rings is 2. The Labute approximate surface area is 207 Å². The van der Waals surface area contributed by atoms with Gasteiger partial charge < -0.3 is 24.1 Å². The molecular weight excluding hydrogens is 467 g/mol. The van der Waals surface area contributed by atoms with Gasteiger partial charge in [0, 0.05) is 40.9 Å². The second-order valence-electron chi connectivity index (χ2n) is 8.92. The van der Waals surface area contributed by atoms with Crippen LogP contribution in [0.4, 0.5) is 20.7 Å². The predicted octanol–water partition coefficient (Wildman–Crippen LogP) is 6.50. The number of amides is 2. The second-order valence-corrected chi connectivity index (χ2v) is 8.92. The molecule has 0 radical (unpaired) electrons. The van der Waals surface area contributed by atoms with E-state index in [9.17, 15) is 9.18 Å². The third kappa shape index (κ3) is 5.48. The molecule has 0 aliphatic rings. The van der Waals surface area contributed by atoms with Crippen LogP contribution in [0.2, 0.25) is 0 Å². The van der Waals surface area contributed by atoms with Gasteiger partial charge in [0.15, 0.2) is 28.9 Å². The van der Waals surface area contributed by atoms with Crippen LogP contribution in [-0.4, -0.2) is 29.9 Å². The zero-order valence-corrected chi connectivity index (χ0v) is 20.6. The summed E-state index contributed by atoms with van der Waals surface area (Å²) in [7, 11) is 1.54. The van der Waals surface area contributed by atoms with E-state index in [4.69, 9.17) is 18.7 Å². The number of anilines is 2. The van der Waals surface area contributed by atoms with Crippen LogP contribution < -0.4 is 24.8 Å². The van der Waals surface area contributed by atoms with Gasteiger partial charge in [-0.25, -0.2) is 9.18 Å². The summed E-state index contributed by atoms with van der Waals surface area (Å²) >= 11 is 0. The maximum atomic E-state index is 14.9. The Morgan fingerprint density at radius 1 is 1.03 bits per heavy atom. The van der Waals surface area contributed by atoms with E-state index >= 15 is 0 Å². The number of carbonyl (C=O) groups is 1. The lowest BCUT2D eigenvalue weighted by molar-refractivity contribution is 0.262. The first kappa shape index (κ1) is 24.8. The fraction of sp³-hybridized carbons (Fsp3) is 0.269. The average Bonchev–Trinajstić information content (AvgIpc) is 3.30. The Morgan fingerprint density at radius 3 is 2.50 bits per heavy atom. The van der Waals surface area contributed by atoms with Crippen molar-refractivity contribution < 1.29 is 27.9 Å². The Hall–Kier alpha value is -4.34. The van der Waals surface area contributed by atoms with Gasteiger partial charge in [-0.15, -0.1) is 0 Å². The number of carbonyl (C=O) groups excluding carboxylic acids is 1. The Balaban J connectivity index is 1.49. The lowest BCUT2D eigenvalue weighted by atomic mass is 9.93. The van der Waals surface area contributed by atoms with Crippen molar-refractivity contribution in [1.82, 2.24) is 10.1 Å². The molecule has 2 heterocycles. The van der Waals surface area contributed by atoms with Crippen LogP contribution in [0, 0.1) is 5.82 Å². The SMILES string of the molecule is CCOc1cc2nccc(Oc3ccc(NC(=O)Nc4cc(C(C)(C)C)on4)cc3F)c2cc1OC. The maximum Gasteiger partial charge on any atom is 0.324 e. The summed E-state index contributed by atoms with van der Waals surface area (Å²) in [6, 6.07) is 10.3. The van der Waals surface area contributed by atoms with E-state index in [0.29, 0.717) is 40.5 Å². The zero-order chi connectivity index (χ0) is 25.9. The van der Waals surface area contributed by atoms with Crippen molar-refractivity contribution in [3.05, 3.63) is 60.2 Å². The number of hydrogen-bond donors (Lipinski definition) is 2. The lowest BCUT2D eigenvalue weighted by Gasteiger charge is -2.14. The van der Waals surface area contributed by atoms with E-state index in [1.807, 2.05) is 27.7 Å². The highest BCUT2D eigenvalue weighted by atomic mass is 19.1. The average molecular weight is 495 g/mol. The summed E-state index contributed by atoms with van der Waals surface area (Å²) in [5.74, 6) is 1.65. The summed E-state index contributed by atoms with van der Waals surface area (Å²) in [4.78, 5) is 16.7. The highest BCUT2D eigenvalue weighted by molar-refractivity contribution is 5.99. The number of methoxy groups -OCH3 is 1. The molecule has 0 unspecified atom stereocenters. The normalized spacial score (nSPS) is 11.3. The molecule has 0 saturated carbocycles. The number of nitrogens with zero attached hydrogens (tertiary/aromatic N) is 2. The molecule has 0 aliphatic heterocycles. The van der Waals surface area contributed by atoms with E-state index in [1.54, 1.807) is 30.5 Å². The largest absolute Gasteiger partial charge is 0.493 e. The van der Waals surface area contributed by atoms with Gasteiger partial charge in [-0.2, -0.15) is 0 Å². The molecule has 10 heteroatoms. The fourth-order valence-corrected chi connectivity index (χ4v) is 3.39. The molecule has 0 spiro atoms. The van der Waals surface area contributed by atoms with Gasteiger partial charge in [-0.05, 0) is 31.2 Å². The topological polar surface area (TPSA) is 108 Å². The molecule has 2 amide bonds. The molecule has 0 atom stereocenters. The van der Waals surface area contributed by atoms with Crippen molar-refractivity contribution in [1.29, 1.82) is 0 Å². The van der Waals surface area contributed by atoms with Crippen molar-refractivity contribution in [3.8, 4) is 23.0 Å². The highest BCUT2D eigenvalue weighted by Gasteiger charge is 2.20. The second kappa shape index (κ2) is 10.1. The number of fused-ring (bicyclic) bond motifs is 1. The van der Waals surface area contributed by atoms with Gasteiger partial charge in [0.25, 0.3) is 0 Å². The first-order chi connectivity index (χ1) is 17.2. The van der Waals surface area contributed by atoms with Crippen LogP contribution >= 0.6 is 0 Å². The molecule has 2 N–H and O–H groups in total. The number of hydrogen-bond acceptors (Lipinski definition) is 7. The number of ether oxygens (including phenoxy) is 3. The van der Waals surface area contributed by atoms with Gasteiger partial charge >= 0.3 is 6.03 Å². The fourth-order valence-electron chi connectivity index (χ4n) is 3.39. The van der Waals surface area contributed by atoms with Gasteiger partial charge in [0.05, 0.1) is 19.2 Å². The zero-order valence-electron chi connectivity index (χ0n) is 20.6. The minimum atomic E-state index is -0.660. The molecule has 0 bridgehead atoms. The lowest BCUT2D eigenvalue weighted by Crippen LogP contribution is -2.19. The molecule has 2 aromatic heterocycles. The quantitative estimate of drug-likeness (QED) is 0.302. The number of aromatic nitrogens is 2. The standard InChI is InChI=1S/C26H27FN4O5/c1-6-34-22-13-18-16(12-21(22)33-5)19(9-10-28-18)35-20-8-7-15(11-17(20)27)29-25(32)30-24-14-23(36-31-24)26(2,3)4/h7-14H,6H2,1-5H3,(H2,29,30,31,32). The van der Waals surface area contributed by atoms with E-state index in [-0.39, 0.29) is 22.7 Å².